The number of rotatable bonds is 4. The van der Waals surface area contributed by atoms with Gasteiger partial charge in [0.25, 0.3) is 5.91 Å². The summed E-state index contributed by atoms with van der Waals surface area (Å²) in [5.74, 6) is -4.10. The van der Waals surface area contributed by atoms with Crippen molar-refractivity contribution in [1.29, 1.82) is 0 Å². The highest BCUT2D eigenvalue weighted by Crippen LogP contribution is 2.39. The van der Waals surface area contributed by atoms with Crippen LogP contribution in [-0.2, 0) is 0 Å². The normalized spacial score (nSPS) is 33.4. The molecule has 2 aromatic rings. The van der Waals surface area contributed by atoms with E-state index in [-0.39, 0.29) is 9.88 Å². The average molecular weight is 409 g/mol. The lowest BCUT2D eigenvalue weighted by molar-refractivity contribution is 0.0931. The van der Waals surface area contributed by atoms with Gasteiger partial charge in [-0.2, -0.15) is 0 Å². The van der Waals surface area contributed by atoms with Crippen molar-refractivity contribution < 1.29 is 38.1 Å². The lowest BCUT2D eigenvalue weighted by Crippen LogP contribution is -2.45. The van der Waals surface area contributed by atoms with Gasteiger partial charge in [-0.1, -0.05) is 18.1 Å². The van der Waals surface area contributed by atoms with Crippen LogP contribution in [0.15, 0.2) is 65.6 Å². The highest BCUT2D eigenvalue weighted by atomic mass is 16.3. The number of carbonyl (C=O) groups excluding carboxylic acids is 1. The summed E-state index contributed by atoms with van der Waals surface area (Å²) in [5, 5.41) is -0.854. The third kappa shape index (κ3) is 3.35. The largest absolute Gasteiger partial charge is 0.472 e. The van der Waals surface area contributed by atoms with E-state index in [0.29, 0.717) is 0 Å². The van der Waals surface area contributed by atoms with Crippen molar-refractivity contribution in [3.63, 3.8) is 0 Å². The predicted octanol–water partition coefficient (Wildman–Crippen LogP) is 3.57. The minimum absolute atomic E-state index is 0.160. The van der Waals surface area contributed by atoms with Gasteiger partial charge in [-0.15, -0.1) is 0 Å². The Morgan fingerprint density at radius 2 is 2.17 bits per heavy atom. The number of furan rings is 1. The molecule has 0 unspecified atom stereocenters. The maximum atomic E-state index is 13.6. The molecule has 146 valence electrons. The van der Waals surface area contributed by atoms with Crippen LogP contribution in [0.5, 0.6) is 0 Å². The molecule has 0 atom stereocenters. The number of piperidine rings is 1. The van der Waals surface area contributed by atoms with Crippen molar-refractivity contribution in [3.05, 3.63) is 66.8 Å². The van der Waals surface area contributed by atoms with E-state index >= 15 is 0 Å². The van der Waals surface area contributed by atoms with Crippen LogP contribution in [0.1, 0.15) is 49.1 Å². The van der Waals surface area contributed by atoms with Gasteiger partial charge in [0, 0.05) is 52.8 Å². The summed E-state index contributed by atoms with van der Waals surface area (Å²) in [4.78, 5) is 20.9. The molecule has 1 amide bonds. The molecule has 4 heterocycles. The third-order valence-corrected chi connectivity index (χ3v) is 3.62. The molecule has 1 fully saturated rings. The molecule has 1 saturated heterocycles. The zero-order valence-corrected chi connectivity index (χ0v) is 14.1. The first kappa shape index (κ1) is 5.95. The number of nitrogens with one attached hydrogen (secondary N) is 2. The van der Waals surface area contributed by atoms with E-state index in [1.54, 1.807) is 0 Å². The highest BCUT2D eigenvalue weighted by molar-refractivity contribution is 5.94. The second-order valence-corrected chi connectivity index (χ2v) is 5.33. The first-order chi connectivity index (χ1) is 22.7. The lowest BCUT2D eigenvalue weighted by Gasteiger charge is -2.34. The summed E-state index contributed by atoms with van der Waals surface area (Å²) < 4.78 is 181. The van der Waals surface area contributed by atoms with E-state index in [1.807, 2.05) is 0 Å². The van der Waals surface area contributed by atoms with Gasteiger partial charge in [0.2, 0.25) is 0 Å². The van der Waals surface area contributed by atoms with Gasteiger partial charge >= 0.3 is 0 Å². The minimum atomic E-state index is -4.31. The molecular formula is C22H21N5O2. The Bertz CT molecular complexity index is 2020. The first-order valence-corrected chi connectivity index (χ1v) is 7.82. The molecule has 3 aliphatic heterocycles. The second kappa shape index (κ2) is 7.43. The van der Waals surface area contributed by atoms with Gasteiger partial charge in [-0.3, -0.25) is 4.79 Å². The Balaban J connectivity index is 1.83. The highest BCUT2D eigenvalue weighted by Gasteiger charge is 2.27. The summed E-state index contributed by atoms with van der Waals surface area (Å²) >= 11 is 0. The molecule has 1 aromatic heterocycles. The van der Waals surface area contributed by atoms with E-state index in [9.17, 15) is 4.79 Å². The van der Waals surface area contributed by atoms with Crippen LogP contribution < -0.4 is 10.2 Å². The number of hydrogen-bond donors (Lipinski definition) is 2. The number of nitrogens with zero attached hydrogens (tertiary/aromatic N) is 3. The standard InChI is InChI=1S/C22H21N5O2/c28-22(15-4-2-1-3-5-15)26-17-6-9-27(10-7-17)21-19-18(16-8-11-29-13-16)12-23-20(19)24-14-25-21/h1-5,8,11-14,17H,6-7,9-10H2,(H,26,28)(H,23,24,25)/i1D,2D,3D,4D,5D,6D2,7D2,8D,9D2,10D2,11D,12D,13D,14D,17D/hD2. The van der Waals surface area contributed by atoms with Crippen LogP contribution in [0.3, 0.4) is 0 Å². The number of carbonyl (C=O) groups is 1. The fraction of sp³-hybridized carbons (Fsp3) is 0.227. The van der Waals surface area contributed by atoms with E-state index < -0.39 is 138 Å². The van der Waals surface area contributed by atoms with Crippen molar-refractivity contribution in [2.24, 2.45) is 0 Å². The first-order valence-electron chi connectivity index (χ1n) is 18.2. The number of H-pyrrole nitrogens is 1. The van der Waals surface area contributed by atoms with Crippen molar-refractivity contribution in [1.82, 2.24) is 20.3 Å². The van der Waals surface area contributed by atoms with Gasteiger partial charge in [-0.25, -0.2) is 9.97 Å². The Hall–Kier alpha value is -3.61. The Labute approximate surface area is 197 Å². The molecule has 2 N–H and O–H groups in total. The maximum absolute atomic E-state index is 13.6. The SMILES string of the molecule is [2H]c1nc2n([2H])c([2H])nc(N3C([2H])([2H])C([2H])([2H])C([2H])(N([2H])C(=O)c4c([2H])c([2H])c([2H])c([2H])c4[2H])C([2H])([2H])C3([2H])[2H])c-2c1-c1c([2H])oc([2H])c1[2H]. The number of hydrogen-bond acceptors (Lipinski definition) is 5. The maximum Gasteiger partial charge on any atom is 0.251 e. The molecular weight excluding hydrogens is 366 g/mol. The van der Waals surface area contributed by atoms with Crippen molar-refractivity contribution >= 4 is 11.7 Å². The topological polar surface area (TPSA) is 87.0 Å². The Kier molecular flexibility index (Phi) is 1.52. The summed E-state index contributed by atoms with van der Waals surface area (Å²) in [6.45, 7) is -8.24. The molecule has 1 aromatic carbocycles. The molecule has 0 aliphatic carbocycles. The predicted molar refractivity (Wildman–Crippen MR) is 110 cm³/mol. The van der Waals surface area contributed by atoms with E-state index in [4.69, 9.17) is 33.3 Å². The molecule has 7 nitrogen and oxygen atoms in total. The molecule has 7 heteroatoms. The zero-order chi connectivity index (χ0) is 38.2. The monoisotopic (exact) mass is 408 g/mol. The molecule has 0 radical (unpaired) electrons. The second-order valence-electron chi connectivity index (χ2n) is 5.33. The van der Waals surface area contributed by atoms with E-state index in [0.717, 1.165) is 0 Å². The molecule has 0 spiro atoms. The number of amides is 1. The fourth-order valence-corrected chi connectivity index (χ4v) is 2.39. The average Bonchev–Trinajstić information content (AvgIpc) is 3.48. The smallest absolute Gasteiger partial charge is 0.251 e. The number of benzene rings is 1. The van der Waals surface area contributed by atoms with Crippen molar-refractivity contribution in [2.45, 2.75) is 18.8 Å². The lowest BCUT2D eigenvalue weighted by atomic mass is 10.0. The van der Waals surface area contributed by atoms with Gasteiger partial charge in [0.1, 0.15) is 15.8 Å². The quantitative estimate of drug-likeness (QED) is 0.539. The van der Waals surface area contributed by atoms with Gasteiger partial charge in [0.05, 0.1) is 35.3 Å². The molecule has 5 rings (SSSR count). The van der Waals surface area contributed by atoms with E-state index in [1.165, 1.54) is 0 Å². The summed E-state index contributed by atoms with van der Waals surface area (Å²) in [6.07, 6.45) is -12.4. The summed E-state index contributed by atoms with van der Waals surface area (Å²) in [6, 6.07) is -10.8. The molecule has 3 aliphatic rings. The summed E-state index contributed by atoms with van der Waals surface area (Å²) in [5.41, 5.74) is -3.50. The molecule has 0 bridgehead atoms. The molecule has 0 saturated carbocycles. The Morgan fingerprint density at radius 1 is 1.34 bits per heavy atom. The van der Waals surface area contributed by atoms with Crippen LogP contribution in [-0.4, -0.2) is 39.9 Å². The minimum Gasteiger partial charge on any atom is -0.472 e. The van der Waals surface area contributed by atoms with Crippen molar-refractivity contribution in [3.8, 4) is 22.5 Å². The zero-order valence-electron chi connectivity index (χ0n) is 35.1. The fourth-order valence-electron chi connectivity index (χ4n) is 2.39. The van der Waals surface area contributed by atoms with Crippen LogP contribution in [0.2, 0.25) is 2.82 Å². The summed E-state index contributed by atoms with van der Waals surface area (Å²) in [7, 11) is 0. The molecule has 29 heavy (non-hydrogen) atoms. The third-order valence-electron chi connectivity index (χ3n) is 3.62. The number of anilines is 1. The van der Waals surface area contributed by atoms with Gasteiger partial charge < -0.3 is 19.6 Å². The van der Waals surface area contributed by atoms with Gasteiger partial charge in [0.15, 0.2) is 2.82 Å². The van der Waals surface area contributed by atoms with Crippen LogP contribution in [0.4, 0.5) is 5.82 Å². The van der Waals surface area contributed by atoms with E-state index in [2.05, 4.69) is 9.97 Å². The number of aromatic nitrogens is 3. The van der Waals surface area contributed by atoms with Crippen LogP contribution in [0, 0.1) is 0 Å². The Morgan fingerprint density at radius 3 is 2.93 bits per heavy atom. The van der Waals surface area contributed by atoms with Crippen LogP contribution in [0.25, 0.3) is 22.5 Å². The van der Waals surface area contributed by atoms with Crippen LogP contribution >= 0.6 is 0 Å². The number of aromatic amines is 1. The van der Waals surface area contributed by atoms with Crippen molar-refractivity contribution in [2.75, 3.05) is 17.9 Å². The number of fused-ring (bicyclic) bond motifs is 1. The van der Waals surface area contributed by atoms with Gasteiger partial charge in [-0.05, 0) is 30.9 Å².